The number of hydrogen-bond donors (Lipinski definition) is 1. The predicted molar refractivity (Wildman–Crippen MR) is 104 cm³/mol. The van der Waals surface area contributed by atoms with Gasteiger partial charge < -0.3 is 14.8 Å². The Bertz CT molecular complexity index is 675. The smallest absolute Gasteiger partial charge is 0.329 e. The molecule has 0 spiro atoms. The maximum absolute atomic E-state index is 12.5. The molecule has 1 rings (SSSR count). The SMILES string of the molecule is CC(C)(C)OC(=O)CC[C@H](NC(=O)c1ccc(Br)nc1)C(=O)OC(C)(C)C. The maximum atomic E-state index is 12.5. The van der Waals surface area contributed by atoms with Gasteiger partial charge in [-0.3, -0.25) is 9.59 Å². The van der Waals surface area contributed by atoms with Crippen LogP contribution in [0, 0.1) is 0 Å². The Labute approximate surface area is 168 Å². The van der Waals surface area contributed by atoms with E-state index in [1.165, 1.54) is 6.20 Å². The summed E-state index contributed by atoms with van der Waals surface area (Å²) in [6, 6.07) is 2.22. The Kier molecular flexibility index (Phi) is 7.95. The molecule has 1 N–H and O–H groups in total. The van der Waals surface area contributed by atoms with Gasteiger partial charge in [-0.1, -0.05) is 0 Å². The van der Waals surface area contributed by atoms with E-state index < -0.39 is 35.1 Å². The number of hydrogen-bond acceptors (Lipinski definition) is 6. The van der Waals surface area contributed by atoms with Crippen LogP contribution in [0.15, 0.2) is 22.9 Å². The summed E-state index contributed by atoms with van der Waals surface area (Å²) in [7, 11) is 0. The van der Waals surface area contributed by atoms with Crippen LogP contribution in [0.1, 0.15) is 64.7 Å². The molecule has 0 unspecified atom stereocenters. The van der Waals surface area contributed by atoms with Crippen LogP contribution < -0.4 is 5.32 Å². The second kappa shape index (κ2) is 9.30. The number of rotatable bonds is 6. The first-order valence-electron chi connectivity index (χ1n) is 8.64. The van der Waals surface area contributed by atoms with Crippen LogP contribution in [-0.2, 0) is 19.1 Å². The first-order chi connectivity index (χ1) is 12.3. The lowest BCUT2D eigenvalue weighted by Crippen LogP contribution is -2.44. The number of nitrogens with one attached hydrogen (secondary N) is 1. The van der Waals surface area contributed by atoms with Crippen molar-refractivity contribution in [2.45, 2.75) is 71.6 Å². The maximum Gasteiger partial charge on any atom is 0.329 e. The second-order valence-corrected chi connectivity index (χ2v) is 8.87. The van der Waals surface area contributed by atoms with Crippen molar-refractivity contribution < 1.29 is 23.9 Å². The molecule has 0 saturated heterocycles. The minimum Gasteiger partial charge on any atom is -0.460 e. The van der Waals surface area contributed by atoms with Crippen molar-refractivity contribution >= 4 is 33.8 Å². The summed E-state index contributed by atoms with van der Waals surface area (Å²) < 4.78 is 11.2. The van der Waals surface area contributed by atoms with Gasteiger partial charge in [0.2, 0.25) is 0 Å². The van der Waals surface area contributed by atoms with Crippen LogP contribution in [0.2, 0.25) is 0 Å². The van der Waals surface area contributed by atoms with E-state index in [0.29, 0.717) is 10.2 Å². The Morgan fingerprint density at radius 1 is 1.07 bits per heavy atom. The number of pyridine rings is 1. The van der Waals surface area contributed by atoms with Crippen molar-refractivity contribution in [2.75, 3.05) is 0 Å². The highest BCUT2D eigenvalue weighted by atomic mass is 79.9. The van der Waals surface area contributed by atoms with Gasteiger partial charge >= 0.3 is 11.9 Å². The van der Waals surface area contributed by atoms with Gasteiger partial charge in [-0.2, -0.15) is 0 Å². The molecule has 7 nitrogen and oxygen atoms in total. The average Bonchev–Trinajstić information content (AvgIpc) is 2.48. The third-order valence-corrected chi connectivity index (χ3v) is 3.51. The van der Waals surface area contributed by atoms with Gasteiger partial charge in [0, 0.05) is 12.6 Å². The molecule has 0 aliphatic heterocycles. The standard InChI is InChI=1S/C19H27BrN2O5/c1-18(2,3)26-15(23)10-8-13(17(25)27-19(4,5)6)22-16(24)12-7-9-14(20)21-11-12/h7,9,11,13H,8,10H2,1-6H3,(H,22,24)/t13-/m0/s1. The molecule has 0 aromatic carbocycles. The summed E-state index contributed by atoms with van der Waals surface area (Å²) in [5.41, 5.74) is -1.04. The summed E-state index contributed by atoms with van der Waals surface area (Å²) in [5.74, 6) is -1.53. The minimum atomic E-state index is -0.979. The zero-order valence-electron chi connectivity index (χ0n) is 16.6. The van der Waals surface area contributed by atoms with Gasteiger partial charge in [-0.15, -0.1) is 0 Å². The quantitative estimate of drug-likeness (QED) is 0.535. The van der Waals surface area contributed by atoms with Crippen LogP contribution in [0.25, 0.3) is 0 Å². The van der Waals surface area contributed by atoms with E-state index in [0.717, 1.165) is 0 Å². The van der Waals surface area contributed by atoms with Crippen molar-refractivity contribution in [3.63, 3.8) is 0 Å². The van der Waals surface area contributed by atoms with Gasteiger partial charge in [0.1, 0.15) is 21.8 Å². The summed E-state index contributed by atoms with van der Waals surface area (Å²) >= 11 is 3.20. The van der Waals surface area contributed by atoms with Crippen LogP contribution in [0.4, 0.5) is 0 Å². The second-order valence-electron chi connectivity index (χ2n) is 8.05. The molecule has 1 aromatic heterocycles. The molecule has 0 fully saturated rings. The molecular formula is C19H27BrN2O5. The highest BCUT2D eigenvalue weighted by Crippen LogP contribution is 2.14. The highest BCUT2D eigenvalue weighted by Gasteiger charge is 2.28. The van der Waals surface area contributed by atoms with E-state index in [2.05, 4.69) is 26.2 Å². The van der Waals surface area contributed by atoms with Gasteiger partial charge in [0.25, 0.3) is 5.91 Å². The Morgan fingerprint density at radius 2 is 1.67 bits per heavy atom. The molecule has 8 heteroatoms. The number of esters is 2. The molecule has 0 bridgehead atoms. The molecule has 150 valence electrons. The Hall–Kier alpha value is -1.96. The number of halogens is 1. The molecule has 1 atom stereocenters. The lowest BCUT2D eigenvalue weighted by Gasteiger charge is -2.25. The summed E-state index contributed by atoms with van der Waals surface area (Å²) in [6.45, 7) is 10.5. The number of amides is 1. The number of aromatic nitrogens is 1. The highest BCUT2D eigenvalue weighted by molar-refractivity contribution is 9.10. The summed E-state index contributed by atoms with van der Waals surface area (Å²) in [5, 5.41) is 2.62. The molecule has 0 aliphatic rings. The van der Waals surface area contributed by atoms with Crippen molar-refractivity contribution in [1.29, 1.82) is 0 Å². The monoisotopic (exact) mass is 442 g/mol. The van der Waals surface area contributed by atoms with Crippen LogP contribution in [0.5, 0.6) is 0 Å². The normalized spacial score (nSPS) is 12.9. The van der Waals surface area contributed by atoms with Crippen molar-refractivity contribution in [2.24, 2.45) is 0 Å². The topological polar surface area (TPSA) is 94.6 Å². The first kappa shape index (κ1) is 23.1. The Morgan fingerprint density at radius 3 is 2.15 bits per heavy atom. The number of carbonyl (C=O) groups is 3. The molecule has 0 saturated carbocycles. The fraction of sp³-hybridized carbons (Fsp3) is 0.579. The van der Waals surface area contributed by atoms with Crippen LogP contribution in [-0.4, -0.2) is 40.1 Å². The van der Waals surface area contributed by atoms with E-state index in [1.807, 2.05) is 0 Å². The van der Waals surface area contributed by atoms with Gasteiger partial charge in [0.15, 0.2) is 0 Å². The molecular weight excluding hydrogens is 416 g/mol. The lowest BCUT2D eigenvalue weighted by molar-refractivity contribution is -0.158. The number of ether oxygens (including phenoxy) is 2. The van der Waals surface area contributed by atoms with Crippen molar-refractivity contribution in [1.82, 2.24) is 10.3 Å². The van der Waals surface area contributed by atoms with E-state index in [9.17, 15) is 14.4 Å². The van der Waals surface area contributed by atoms with Crippen molar-refractivity contribution in [3.8, 4) is 0 Å². The van der Waals surface area contributed by atoms with E-state index in [4.69, 9.17) is 9.47 Å². The zero-order chi connectivity index (χ0) is 20.8. The minimum absolute atomic E-state index is 0.0277. The van der Waals surface area contributed by atoms with E-state index in [1.54, 1.807) is 53.7 Å². The third-order valence-electron chi connectivity index (χ3n) is 3.04. The van der Waals surface area contributed by atoms with Crippen molar-refractivity contribution in [3.05, 3.63) is 28.5 Å². The third kappa shape index (κ3) is 9.51. The largest absolute Gasteiger partial charge is 0.460 e. The molecule has 0 aliphatic carbocycles. The molecule has 0 radical (unpaired) electrons. The first-order valence-corrected chi connectivity index (χ1v) is 9.43. The zero-order valence-corrected chi connectivity index (χ0v) is 18.2. The molecule has 1 amide bonds. The number of carbonyl (C=O) groups excluding carboxylic acids is 3. The molecule has 1 heterocycles. The fourth-order valence-corrected chi connectivity index (χ4v) is 2.26. The van der Waals surface area contributed by atoms with Crippen LogP contribution in [0.3, 0.4) is 0 Å². The lowest BCUT2D eigenvalue weighted by atomic mass is 10.1. The van der Waals surface area contributed by atoms with Crippen LogP contribution >= 0.6 is 15.9 Å². The predicted octanol–water partition coefficient (Wildman–Crippen LogP) is 3.41. The fourth-order valence-electron chi connectivity index (χ4n) is 2.03. The van der Waals surface area contributed by atoms with Gasteiger partial charge in [0.05, 0.1) is 5.56 Å². The number of nitrogens with zero attached hydrogens (tertiary/aromatic N) is 1. The van der Waals surface area contributed by atoms with E-state index >= 15 is 0 Å². The van der Waals surface area contributed by atoms with Gasteiger partial charge in [-0.25, -0.2) is 9.78 Å². The molecule has 27 heavy (non-hydrogen) atoms. The summed E-state index contributed by atoms with van der Waals surface area (Å²) in [4.78, 5) is 40.8. The summed E-state index contributed by atoms with van der Waals surface area (Å²) in [6.07, 6.45) is 1.43. The molecule has 1 aromatic rings. The average molecular weight is 443 g/mol. The Balaban J connectivity index is 2.84. The van der Waals surface area contributed by atoms with Gasteiger partial charge in [-0.05, 0) is 76.0 Å². The van der Waals surface area contributed by atoms with E-state index in [-0.39, 0.29) is 12.8 Å².